The Morgan fingerprint density at radius 3 is 2.71 bits per heavy atom. The fourth-order valence-corrected chi connectivity index (χ4v) is 3.65. The van der Waals surface area contributed by atoms with Crippen LogP contribution in [0.3, 0.4) is 0 Å². The lowest BCUT2D eigenvalue weighted by Crippen LogP contribution is -2.34. The lowest BCUT2D eigenvalue weighted by Gasteiger charge is -2.19. The minimum atomic E-state index is -0.878. The second-order valence-corrected chi connectivity index (χ2v) is 7.38. The van der Waals surface area contributed by atoms with Gasteiger partial charge in [0.25, 0.3) is 5.91 Å². The molecule has 1 aliphatic heterocycles. The molecule has 126 valence electrons. The van der Waals surface area contributed by atoms with Crippen LogP contribution in [-0.4, -0.2) is 40.0 Å². The van der Waals surface area contributed by atoms with Crippen molar-refractivity contribution < 1.29 is 19.1 Å². The Hall–Kier alpha value is -2.28. The van der Waals surface area contributed by atoms with Gasteiger partial charge < -0.3 is 10.0 Å². The van der Waals surface area contributed by atoms with Crippen molar-refractivity contribution in [3.8, 4) is 0 Å². The summed E-state index contributed by atoms with van der Waals surface area (Å²) in [5, 5.41) is 10.0. The average molecular weight is 348 g/mol. The highest BCUT2D eigenvalue weighted by atomic mass is 32.1. The van der Waals surface area contributed by atoms with Crippen LogP contribution in [-0.2, 0) is 11.2 Å². The Morgan fingerprint density at radius 2 is 2.08 bits per heavy atom. The molecule has 1 aromatic carbocycles. The molecule has 1 aromatic heterocycles. The first-order chi connectivity index (χ1) is 11.4. The van der Waals surface area contributed by atoms with Gasteiger partial charge in [-0.3, -0.25) is 9.59 Å². The van der Waals surface area contributed by atoms with E-state index < -0.39 is 11.4 Å². The monoisotopic (exact) mass is 348 g/mol. The van der Waals surface area contributed by atoms with Gasteiger partial charge in [-0.2, -0.15) is 0 Å². The lowest BCUT2D eigenvalue weighted by atomic mass is 9.90. The maximum absolute atomic E-state index is 12.9. The molecule has 1 fully saturated rings. The minimum Gasteiger partial charge on any atom is -0.481 e. The molecule has 24 heavy (non-hydrogen) atoms. The number of thiazole rings is 1. The van der Waals surface area contributed by atoms with Gasteiger partial charge in [0.2, 0.25) is 0 Å². The number of benzene rings is 1. The molecular weight excluding hydrogens is 331 g/mol. The predicted molar refractivity (Wildman–Crippen MR) is 87.6 cm³/mol. The Balaban J connectivity index is 1.68. The summed E-state index contributed by atoms with van der Waals surface area (Å²) in [6.45, 7) is 2.31. The molecule has 2 aromatic rings. The summed E-state index contributed by atoms with van der Waals surface area (Å²) in [5.41, 5.74) is 0.0430. The molecule has 1 aliphatic rings. The van der Waals surface area contributed by atoms with E-state index in [1.54, 1.807) is 24.0 Å². The highest BCUT2D eigenvalue weighted by Crippen LogP contribution is 2.31. The maximum atomic E-state index is 12.9. The van der Waals surface area contributed by atoms with Gasteiger partial charge in [-0.25, -0.2) is 9.37 Å². The molecule has 3 rings (SSSR count). The van der Waals surface area contributed by atoms with Crippen LogP contribution in [0.2, 0.25) is 0 Å². The van der Waals surface area contributed by atoms with Gasteiger partial charge in [0.05, 0.1) is 16.6 Å². The Bertz CT molecular complexity index is 774. The number of rotatable bonds is 4. The van der Waals surface area contributed by atoms with Gasteiger partial charge in [0.15, 0.2) is 0 Å². The molecule has 5 nitrogen and oxygen atoms in total. The molecule has 0 aliphatic carbocycles. The number of likely N-dealkylation sites (tertiary alicyclic amines) is 1. The molecule has 0 bridgehead atoms. The van der Waals surface area contributed by atoms with E-state index >= 15 is 0 Å². The van der Waals surface area contributed by atoms with E-state index in [4.69, 9.17) is 0 Å². The van der Waals surface area contributed by atoms with Crippen molar-refractivity contribution in [2.24, 2.45) is 5.41 Å². The number of hydrogen-bond donors (Lipinski definition) is 1. The average Bonchev–Trinajstić information content (AvgIpc) is 3.17. The van der Waals surface area contributed by atoms with Crippen LogP contribution < -0.4 is 0 Å². The zero-order valence-corrected chi connectivity index (χ0v) is 14.0. The predicted octanol–water partition coefficient (Wildman–Crippen LogP) is 2.81. The first-order valence-corrected chi connectivity index (χ1v) is 8.41. The van der Waals surface area contributed by atoms with Crippen LogP contribution in [0.25, 0.3) is 0 Å². The van der Waals surface area contributed by atoms with E-state index in [0.29, 0.717) is 24.3 Å². The number of aromatic nitrogens is 1. The third-order valence-electron chi connectivity index (χ3n) is 4.31. The van der Waals surface area contributed by atoms with Crippen LogP contribution in [0.5, 0.6) is 0 Å². The van der Waals surface area contributed by atoms with E-state index in [1.807, 2.05) is 0 Å². The molecule has 0 saturated carbocycles. The number of carbonyl (C=O) groups is 2. The normalized spacial score (nSPS) is 20.3. The van der Waals surface area contributed by atoms with Crippen LogP contribution in [0, 0.1) is 11.2 Å². The third kappa shape index (κ3) is 3.31. The van der Waals surface area contributed by atoms with Gasteiger partial charge in [0, 0.05) is 19.5 Å². The van der Waals surface area contributed by atoms with E-state index in [0.717, 1.165) is 10.6 Å². The number of amides is 1. The summed E-state index contributed by atoms with van der Waals surface area (Å²) < 4.78 is 12.9. The number of carboxylic acid groups (broad SMARTS) is 1. The molecule has 2 heterocycles. The zero-order valence-electron chi connectivity index (χ0n) is 13.2. The van der Waals surface area contributed by atoms with Gasteiger partial charge in [0.1, 0.15) is 10.7 Å². The molecular formula is C17H17FN2O3S. The molecule has 1 N–H and O–H groups in total. The van der Waals surface area contributed by atoms with Crippen LogP contribution >= 0.6 is 11.3 Å². The van der Waals surface area contributed by atoms with Gasteiger partial charge in [-0.05, 0) is 31.0 Å². The quantitative estimate of drug-likeness (QED) is 0.922. The maximum Gasteiger partial charge on any atom is 0.311 e. The van der Waals surface area contributed by atoms with Crippen LogP contribution in [0.1, 0.15) is 33.6 Å². The summed E-state index contributed by atoms with van der Waals surface area (Å²) in [7, 11) is 0. The topological polar surface area (TPSA) is 70.5 Å². The number of halogens is 1. The summed E-state index contributed by atoms with van der Waals surface area (Å²) in [4.78, 5) is 30.1. The Kier molecular flexibility index (Phi) is 4.36. The standard InChI is InChI=1S/C17H17FN2O3S/c1-17(16(22)23)6-7-20(10-17)15(21)13-9-19-14(24-13)8-11-2-4-12(18)5-3-11/h2-5,9H,6-8,10H2,1H3,(H,22,23)/t17-/m1/s1. The summed E-state index contributed by atoms with van der Waals surface area (Å²) in [6, 6.07) is 6.17. The SMILES string of the molecule is C[C@@]1(C(=O)O)CCN(C(=O)c2cnc(Cc3ccc(F)cc3)s2)C1. The van der Waals surface area contributed by atoms with Crippen molar-refractivity contribution in [1.29, 1.82) is 0 Å². The summed E-state index contributed by atoms with van der Waals surface area (Å²) in [5.74, 6) is -1.34. The number of carbonyl (C=O) groups excluding carboxylic acids is 1. The highest BCUT2D eigenvalue weighted by Gasteiger charge is 2.42. The Labute approximate surface area is 142 Å². The first kappa shape index (κ1) is 16.6. The van der Waals surface area contributed by atoms with Crippen molar-refractivity contribution >= 4 is 23.2 Å². The number of nitrogens with zero attached hydrogens (tertiary/aromatic N) is 2. The fourth-order valence-electron chi connectivity index (χ4n) is 2.73. The van der Waals surface area contributed by atoms with Crippen molar-refractivity contribution in [2.75, 3.05) is 13.1 Å². The third-order valence-corrected chi connectivity index (χ3v) is 5.30. The highest BCUT2D eigenvalue weighted by molar-refractivity contribution is 7.13. The van der Waals surface area contributed by atoms with E-state index in [9.17, 15) is 19.1 Å². The number of aliphatic carboxylic acids is 1. The Morgan fingerprint density at radius 1 is 1.38 bits per heavy atom. The molecule has 0 unspecified atom stereocenters. The molecule has 1 saturated heterocycles. The zero-order chi connectivity index (χ0) is 17.3. The summed E-state index contributed by atoms with van der Waals surface area (Å²) >= 11 is 1.29. The molecule has 7 heteroatoms. The molecule has 1 atom stereocenters. The second kappa shape index (κ2) is 6.32. The molecule has 1 amide bonds. The van der Waals surface area contributed by atoms with E-state index in [2.05, 4.69) is 4.98 Å². The number of hydrogen-bond acceptors (Lipinski definition) is 4. The van der Waals surface area contributed by atoms with E-state index in [-0.39, 0.29) is 18.3 Å². The molecule has 0 spiro atoms. The van der Waals surface area contributed by atoms with Gasteiger partial charge in [-0.1, -0.05) is 12.1 Å². The van der Waals surface area contributed by atoms with Crippen molar-refractivity contribution in [2.45, 2.75) is 19.8 Å². The summed E-state index contributed by atoms with van der Waals surface area (Å²) in [6.07, 6.45) is 2.52. The van der Waals surface area contributed by atoms with Crippen LogP contribution in [0.15, 0.2) is 30.5 Å². The fraction of sp³-hybridized carbons (Fsp3) is 0.353. The van der Waals surface area contributed by atoms with Crippen molar-refractivity contribution in [3.05, 3.63) is 51.7 Å². The van der Waals surface area contributed by atoms with Gasteiger partial charge in [-0.15, -0.1) is 11.3 Å². The first-order valence-electron chi connectivity index (χ1n) is 7.59. The van der Waals surface area contributed by atoms with Crippen molar-refractivity contribution in [1.82, 2.24) is 9.88 Å². The smallest absolute Gasteiger partial charge is 0.311 e. The van der Waals surface area contributed by atoms with Crippen LogP contribution in [0.4, 0.5) is 4.39 Å². The van der Waals surface area contributed by atoms with Gasteiger partial charge >= 0.3 is 5.97 Å². The minimum absolute atomic E-state index is 0.178. The van der Waals surface area contributed by atoms with E-state index in [1.165, 1.54) is 29.7 Å². The van der Waals surface area contributed by atoms with Crippen molar-refractivity contribution in [3.63, 3.8) is 0 Å². The lowest BCUT2D eigenvalue weighted by molar-refractivity contribution is -0.147. The number of carboxylic acids is 1. The largest absolute Gasteiger partial charge is 0.481 e. The second-order valence-electron chi connectivity index (χ2n) is 6.26. The molecule has 0 radical (unpaired) electrons.